The van der Waals surface area contributed by atoms with Crippen molar-refractivity contribution >= 4 is 24.0 Å². The van der Waals surface area contributed by atoms with E-state index in [1.54, 1.807) is 0 Å². The van der Waals surface area contributed by atoms with Gasteiger partial charge < -0.3 is 10.6 Å². The molecule has 23 heavy (non-hydrogen) atoms. The van der Waals surface area contributed by atoms with Crippen LogP contribution in [0.25, 0.3) is 0 Å². The van der Waals surface area contributed by atoms with E-state index < -0.39 is 0 Å². The highest BCUT2D eigenvalue weighted by Crippen LogP contribution is 2.32. The van der Waals surface area contributed by atoms with E-state index in [9.17, 15) is 4.79 Å². The molecule has 0 bridgehead atoms. The molecule has 1 amide bonds. The summed E-state index contributed by atoms with van der Waals surface area (Å²) in [6.45, 7) is 0.748. The van der Waals surface area contributed by atoms with Crippen LogP contribution in [0.2, 0.25) is 0 Å². The minimum absolute atomic E-state index is 0. The Labute approximate surface area is 143 Å². The Morgan fingerprint density at radius 1 is 1.13 bits per heavy atom. The van der Waals surface area contributed by atoms with Gasteiger partial charge in [-0.25, -0.2) is 0 Å². The van der Waals surface area contributed by atoms with E-state index in [0.717, 1.165) is 37.1 Å². The third-order valence-corrected chi connectivity index (χ3v) is 4.33. The number of hydrogen-bond acceptors (Lipinski definition) is 2. The highest BCUT2D eigenvalue weighted by molar-refractivity contribution is 5.96. The van der Waals surface area contributed by atoms with Gasteiger partial charge in [-0.15, -0.1) is 12.4 Å². The molecule has 0 fully saturated rings. The molecule has 3 nitrogen and oxygen atoms in total. The number of hydrogen-bond donors (Lipinski definition) is 2. The molecule has 2 aromatic rings. The summed E-state index contributed by atoms with van der Waals surface area (Å²) in [6.07, 6.45) is 3.08. The van der Waals surface area contributed by atoms with Crippen molar-refractivity contribution in [2.24, 2.45) is 0 Å². The molecule has 4 heteroatoms. The minimum Gasteiger partial charge on any atom is -0.325 e. The average molecular weight is 331 g/mol. The molecule has 0 radical (unpaired) electrons. The Balaban J connectivity index is 0.00000192. The van der Waals surface area contributed by atoms with Gasteiger partial charge in [-0.2, -0.15) is 0 Å². The molecule has 0 spiro atoms. The molecule has 2 N–H and O–H groups in total. The van der Waals surface area contributed by atoms with Crippen LogP contribution in [0.4, 0.5) is 5.69 Å². The molecule has 122 valence electrons. The molecular formula is C19H23ClN2O. The second-order valence-electron chi connectivity index (χ2n) is 5.82. The Bertz CT molecular complexity index is 672. The van der Waals surface area contributed by atoms with Crippen molar-refractivity contribution in [3.05, 3.63) is 65.2 Å². The summed E-state index contributed by atoms with van der Waals surface area (Å²) in [7, 11) is 1.91. The van der Waals surface area contributed by atoms with Gasteiger partial charge in [0.25, 0.3) is 0 Å². The number of fused-ring (bicyclic) bond motifs is 1. The third kappa shape index (κ3) is 3.92. The molecule has 0 aromatic heterocycles. The van der Waals surface area contributed by atoms with Crippen LogP contribution in [-0.2, 0) is 17.8 Å². The number of para-hydroxylation sites is 1. The van der Waals surface area contributed by atoms with Crippen LogP contribution in [0.3, 0.4) is 0 Å². The van der Waals surface area contributed by atoms with Crippen molar-refractivity contribution in [2.75, 3.05) is 12.4 Å². The zero-order chi connectivity index (χ0) is 15.4. The highest BCUT2D eigenvalue weighted by Gasteiger charge is 2.26. The average Bonchev–Trinajstić information content (AvgIpc) is 2.56. The zero-order valence-corrected chi connectivity index (χ0v) is 14.2. The number of amides is 1. The smallest absolute Gasteiger partial charge is 0.231 e. The zero-order valence-electron chi connectivity index (χ0n) is 13.3. The summed E-state index contributed by atoms with van der Waals surface area (Å²) in [5.41, 5.74) is 4.53. The van der Waals surface area contributed by atoms with Gasteiger partial charge in [-0.05, 0) is 49.1 Å². The van der Waals surface area contributed by atoms with Crippen LogP contribution < -0.4 is 10.6 Å². The van der Waals surface area contributed by atoms with E-state index in [0.29, 0.717) is 0 Å². The van der Waals surface area contributed by atoms with Crippen LogP contribution in [-0.4, -0.2) is 13.0 Å². The number of aryl methyl sites for hydroxylation is 1. The topological polar surface area (TPSA) is 41.1 Å². The number of rotatable bonds is 4. The van der Waals surface area contributed by atoms with Gasteiger partial charge in [0.1, 0.15) is 0 Å². The van der Waals surface area contributed by atoms with Crippen molar-refractivity contribution in [3.8, 4) is 0 Å². The molecule has 0 aliphatic heterocycles. The lowest BCUT2D eigenvalue weighted by Gasteiger charge is -2.25. The second kappa shape index (κ2) is 8.14. The lowest BCUT2D eigenvalue weighted by molar-refractivity contribution is -0.117. The standard InChI is InChI=1S/C19H22N2O.ClH/c1-20-13-15-8-3-5-12-18(15)21-19(22)17-11-6-9-14-7-2-4-10-16(14)17;/h2-5,7-8,10,12,17,20H,6,9,11,13H2,1H3,(H,21,22);1H. The van der Waals surface area contributed by atoms with Crippen molar-refractivity contribution in [2.45, 2.75) is 31.7 Å². The van der Waals surface area contributed by atoms with Gasteiger partial charge in [0.2, 0.25) is 5.91 Å². The monoisotopic (exact) mass is 330 g/mol. The van der Waals surface area contributed by atoms with Crippen LogP contribution in [0, 0.1) is 0 Å². The predicted molar refractivity (Wildman–Crippen MR) is 97.2 cm³/mol. The third-order valence-electron chi connectivity index (χ3n) is 4.33. The van der Waals surface area contributed by atoms with E-state index in [1.807, 2.05) is 37.4 Å². The van der Waals surface area contributed by atoms with Crippen LogP contribution in [0.5, 0.6) is 0 Å². The summed E-state index contributed by atoms with van der Waals surface area (Å²) in [5, 5.41) is 6.27. The van der Waals surface area contributed by atoms with Crippen LogP contribution in [0.15, 0.2) is 48.5 Å². The minimum atomic E-state index is -0.0346. The number of nitrogens with one attached hydrogen (secondary N) is 2. The van der Waals surface area contributed by atoms with E-state index >= 15 is 0 Å². The fourth-order valence-corrected chi connectivity index (χ4v) is 3.23. The number of benzene rings is 2. The fraction of sp³-hybridized carbons (Fsp3) is 0.316. The summed E-state index contributed by atoms with van der Waals surface area (Å²) in [5.74, 6) is 0.0725. The maximum absolute atomic E-state index is 12.8. The maximum atomic E-state index is 12.8. The summed E-state index contributed by atoms with van der Waals surface area (Å²) in [6, 6.07) is 16.3. The maximum Gasteiger partial charge on any atom is 0.231 e. The lowest BCUT2D eigenvalue weighted by Crippen LogP contribution is -2.25. The number of carbonyl (C=O) groups is 1. The Morgan fingerprint density at radius 3 is 2.70 bits per heavy atom. The van der Waals surface area contributed by atoms with Gasteiger partial charge in [-0.3, -0.25) is 4.79 Å². The van der Waals surface area contributed by atoms with Gasteiger partial charge in [0.05, 0.1) is 5.92 Å². The van der Waals surface area contributed by atoms with E-state index in [4.69, 9.17) is 0 Å². The summed E-state index contributed by atoms with van der Waals surface area (Å²) >= 11 is 0. The molecule has 3 rings (SSSR count). The lowest BCUT2D eigenvalue weighted by atomic mass is 9.82. The Morgan fingerprint density at radius 2 is 1.87 bits per heavy atom. The quantitative estimate of drug-likeness (QED) is 0.893. The first-order valence-electron chi connectivity index (χ1n) is 7.91. The first-order valence-corrected chi connectivity index (χ1v) is 7.91. The largest absolute Gasteiger partial charge is 0.325 e. The molecule has 0 saturated carbocycles. The Kier molecular flexibility index (Phi) is 6.20. The Hall–Kier alpha value is -1.84. The van der Waals surface area contributed by atoms with Crippen molar-refractivity contribution in [3.63, 3.8) is 0 Å². The van der Waals surface area contributed by atoms with E-state index in [2.05, 4.69) is 28.8 Å². The molecule has 1 aliphatic carbocycles. The SMILES string of the molecule is CNCc1ccccc1NC(=O)C1CCCc2ccccc21.Cl. The molecule has 1 unspecified atom stereocenters. The fourth-order valence-electron chi connectivity index (χ4n) is 3.23. The van der Waals surface area contributed by atoms with Crippen molar-refractivity contribution in [1.29, 1.82) is 0 Å². The van der Waals surface area contributed by atoms with Crippen LogP contribution >= 0.6 is 12.4 Å². The van der Waals surface area contributed by atoms with Crippen LogP contribution in [0.1, 0.15) is 35.4 Å². The summed E-state index contributed by atoms with van der Waals surface area (Å²) < 4.78 is 0. The first kappa shape index (κ1) is 17.5. The first-order chi connectivity index (χ1) is 10.8. The van der Waals surface area contributed by atoms with Gasteiger partial charge >= 0.3 is 0 Å². The molecular weight excluding hydrogens is 308 g/mol. The molecule has 2 aromatic carbocycles. The molecule has 0 saturated heterocycles. The van der Waals surface area contributed by atoms with Gasteiger partial charge in [-0.1, -0.05) is 42.5 Å². The van der Waals surface area contributed by atoms with E-state index in [-0.39, 0.29) is 24.2 Å². The highest BCUT2D eigenvalue weighted by atomic mass is 35.5. The summed E-state index contributed by atoms with van der Waals surface area (Å²) in [4.78, 5) is 12.8. The van der Waals surface area contributed by atoms with E-state index in [1.165, 1.54) is 11.1 Å². The number of carbonyl (C=O) groups excluding carboxylic acids is 1. The van der Waals surface area contributed by atoms with Crippen molar-refractivity contribution in [1.82, 2.24) is 5.32 Å². The molecule has 0 heterocycles. The normalized spacial score (nSPS) is 16.1. The second-order valence-corrected chi connectivity index (χ2v) is 5.82. The number of halogens is 1. The predicted octanol–water partition coefficient (Wildman–Crippen LogP) is 3.89. The molecule has 1 aliphatic rings. The molecule has 1 atom stereocenters. The van der Waals surface area contributed by atoms with Gasteiger partial charge in [0.15, 0.2) is 0 Å². The van der Waals surface area contributed by atoms with Crippen molar-refractivity contribution < 1.29 is 4.79 Å². The van der Waals surface area contributed by atoms with Gasteiger partial charge in [0, 0.05) is 12.2 Å². The number of anilines is 1.